The Bertz CT molecular complexity index is 3190. The van der Waals surface area contributed by atoms with Crippen molar-refractivity contribution in [2.24, 2.45) is 0 Å². The van der Waals surface area contributed by atoms with Gasteiger partial charge < -0.3 is 4.42 Å². The second kappa shape index (κ2) is 13.6. The highest BCUT2D eigenvalue weighted by atomic mass is 16.3. The molecule has 2 heterocycles. The van der Waals surface area contributed by atoms with E-state index in [-0.39, 0.29) is 0 Å². The number of hydrogen-bond donors (Lipinski definition) is 0. The monoisotopic (exact) mass is 765 g/mol. The van der Waals surface area contributed by atoms with E-state index in [9.17, 15) is 0 Å². The van der Waals surface area contributed by atoms with Crippen molar-refractivity contribution in [2.45, 2.75) is 5.41 Å². The molecular formula is C56H35N3O. The molecule has 1 unspecified atom stereocenters. The lowest BCUT2D eigenvalue weighted by Crippen LogP contribution is -2.26. The Morgan fingerprint density at radius 3 is 1.35 bits per heavy atom. The van der Waals surface area contributed by atoms with Crippen molar-refractivity contribution in [1.82, 2.24) is 15.0 Å². The van der Waals surface area contributed by atoms with Gasteiger partial charge >= 0.3 is 0 Å². The molecule has 0 N–H and O–H groups in total. The molecule has 4 heteroatoms. The molecule has 0 amide bonds. The fourth-order valence-corrected chi connectivity index (χ4v) is 9.68. The first kappa shape index (κ1) is 34.1. The third-order valence-electron chi connectivity index (χ3n) is 12.2. The van der Waals surface area contributed by atoms with Crippen LogP contribution in [0.15, 0.2) is 217 Å². The summed E-state index contributed by atoms with van der Waals surface area (Å²) in [5, 5.41) is 0. The molecule has 2 aromatic heterocycles. The van der Waals surface area contributed by atoms with Crippen molar-refractivity contribution in [3.8, 4) is 90.2 Å². The summed E-state index contributed by atoms with van der Waals surface area (Å²) in [6, 6.07) is 74.7. The Morgan fingerprint density at radius 1 is 0.300 bits per heavy atom. The Kier molecular flexibility index (Phi) is 7.72. The van der Waals surface area contributed by atoms with E-state index in [0.29, 0.717) is 17.5 Å². The Balaban J connectivity index is 1.18. The van der Waals surface area contributed by atoms with Gasteiger partial charge in [0, 0.05) is 38.9 Å². The molecule has 2 aliphatic rings. The minimum absolute atomic E-state index is 0.630. The Hall–Kier alpha value is -7.95. The molecule has 1 atom stereocenters. The average molecular weight is 766 g/mol. The number of aromatic nitrogens is 3. The van der Waals surface area contributed by atoms with Gasteiger partial charge in [-0.25, -0.2) is 15.0 Å². The maximum Gasteiger partial charge on any atom is 0.164 e. The summed E-state index contributed by atoms with van der Waals surface area (Å²) in [5.74, 6) is 3.63. The molecule has 60 heavy (non-hydrogen) atoms. The number of fused-ring (bicyclic) bond motifs is 10. The van der Waals surface area contributed by atoms with Gasteiger partial charge in [-0.2, -0.15) is 0 Å². The first-order valence-electron chi connectivity index (χ1n) is 20.4. The van der Waals surface area contributed by atoms with Crippen LogP contribution in [-0.4, -0.2) is 15.0 Å². The van der Waals surface area contributed by atoms with Crippen LogP contribution < -0.4 is 0 Å². The Morgan fingerprint density at radius 2 is 0.733 bits per heavy atom. The highest BCUT2D eigenvalue weighted by Gasteiger charge is 2.56. The minimum Gasteiger partial charge on any atom is -0.455 e. The van der Waals surface area contributed by atoms with Gasteiger partial charge in [-0.3, -0.25) is 0 Å². The van der Waals surface area contributed by atoms with Crippen LogP contribution in [0.25, 0.3) is 90.2 Å². The van der Waals surface area contributed by atoms with E-state index < -0.39 is 5.41 Å². The van der Waals surface area contributed by atoms with Crippen LogP contribution in [0.4, 0.5) is 0 Å². The highest BCUT2D eigenvalue weighted by molar-refractivity contribution is 6.04. The number of rotatable bonds is 6. The smallest absolute Gasteiger partial charge is 0.164 e. The number of nitrogens with zero attached hydrogens (tertiary/aromatic N) is 3. The molecular weight excluding hydrogens is 731 g/mol. The van der Waals surface area contributed by atoms with Crippen LogP contribution >= 0.6 is 0 Å². The molecule has 0 saturated heterocycles. The van der Waals surface area contributed by atoms with Gasteiger partial charge in [-0.05, 0) is 50.6 Å². The van der Waals surface area contributed by atoms with Crippen LogP contribution in [0.1, 0.15) is 22.3 Å². The Labute approximate surface area is 348 Å². The SMILES string of the molecule is c1ccc(-c2cccc(-c3oc(-c4ccccc4)c4c3C3(c5ccccc5-c5c(-c6nc(-c7ccccc7)nc(-c7ccccc7)n6)cccc53)c3ccccc3-4)c2)cc1. The zero-order chi connectivity index (χ0) is 39.6. The summed E-state index contributed by atoms with van der Waals surface area (Å²) >= 11 is 0. The summed E-state index contributed by atoms with van der Waals surface area (Å²) in [6.45, 7) is 0. The first-order valence-corrected chi connectivity index (χ1v) is 20.4. The van der Waals surface area contributed by atoms with Crippen LogP contribution in [0.5, 0.6) is 0 Å². The van der Waals surface area contributed by atoms with Crippen LogP contribution in [0, 0.1) is 0 Å². The van der Waals surface area contributed by atoms with E-state index in [1.165, 1.54) is 22.3 Å². The predicted octanol–water partition coefficient (Wildman–Crippen LogP) is 13.8. The second-order valence-corrected chi connectivity index (χ2v) is 15.4. The lowest BCUT2D eigenvalue weighted by Gasteiger charge is -2.30. The fraction of sp³-hybridized carbons (Fsp3) is 0.0179. The number of hydrogen-bond acceptors (Lipinski definition) is 4. The third kappa shape index (κ3) is 5.07. The lowest BCUT2D eigenvalue weighted by atomic mass is 9.69. The molecule has 10 aromatic rings. The maximum absolute atomic E-state index is 7.34. The van der Waals surface area contributed by atoms with Crippen molar-refractivity contribution >= 4 is 0 Å². The van der Waals surface area contributed by atoms with Crippen LogP contribution in [-0.2, 0) is 5.41 Å². The number of furan rings is 1. The van der Waals surface area contributed by atoms with Crippen molar-refractivity contribution in [2.75, 3.05) is 0 Å². The highest BCUT2D eigenvalue weighted by Crippen LogP contribution is 2.67. The van der Waals surface area contributed by atoms with Gasteiger partial charge in [0.15, 0.2) is 17.5 Å². The molecule has 4 nitrogen and oxygen atoms in total. The van der Waals surface area contributed by atoms with Crippen molar-refractivity contribution in [1.29, 1.82) is 0 Å². The van der Waals surface area contributed by atoms with Gasteiger partial charge in [-0.15, -0.1) is 0 Å². The normalized spacial score (nSPS) is 14.4. The third-order valence-corrected chi connectivity index (χ3v) is 12.2. The molecule has 0 aliphatic heterocycles. The summed E-state index contributed by atoms with van der Waals surface area (Å²) < 4.78 is 7.34. The second-order valence-electron chi connectivity index (χ2n) is 15.4. The lowest BCUT2D eigenvalue weighted by molar-refractivity contribution is 0.588. The molecule has 280 valence electrons. The van der Waals surface area contributed by atoms with E-state index in [1.807, 2.05) is 36.4 Å². The number of benzene rings is 8. The molecule has 0 fully saturated rings. The van der Waals surface area contributed by atoms with Gasteiger partial charge in [0.25, 0.3) is 0 Å². The first-order chi connectivity index (χ1) is 29.8. The van der Waals surface area contributed by atoms with Gasteiger partial charge in [0.1, 0.15) is 11.5 Å². The van der Waals surface area contributed by atoms with E-state index in [0.717, 1.165) is 72.7 Å². The summed E-state index contributed by atoms with van der Waals surface area (Å²) in [6.07, 6.45) is 0. The van der Waals surface area contributed by atoms with Crippen molar-refractivity contribution in [3.63, 3.8) is 0 Å². The molecule has 0 saturated carbocycles. The zero-order valence-electron chi connectivity index (χ0n) is 32.5. The minimum atomic E-state index is -0.708. The van der Waals surface area contributed by atoms with Crippen LogP contribution in [0.3, 0.4) is 0 Å². The van der Waals surface area contributed by atoms with Gasteiger partial charge in [-0.1, -0.05) is 206 Å². The largest absolute Gasteiger partial charge is 0.455 e. The van der Waals surface area contributed by atoms with E-state index in [1.54, 1.807) is 0 Å². The molecule has 2 aliphatic carbocycles. The van der Waals surface area contributed by atoms with Crippen molar-refractivity contribution in [3.05, 3.63) is 235 Å². The molecule has 12 rings (SSSR count). The summed E-state index contributed by atoms with van der Waals surface area (Å²) in [5.41, 5.74) is 15.8. The molecule has 8 aromatic carbocycles. The quantitative estimate of drug-likeness (QED) is 0.169. The fourth-order valence-electron chi connectivity index (χ4n) is 9.68. The predicted molar refractivity (Wildman–Crippen MR) is 241 cm³/mol. The van der Waals surface area contributed by atoms with E-state index in [2.05, 4.69) is 176 Å². The zero-order valence-corrected chi connectivity index (χ0v) is 32.5. The van der Waals surface area contributed by atoms with Gasteiger partial charge in [0.2, 0.25) is 0 Å². The van der Waals surface area contributed by atoms with Crippen LogP contribution in [0.2, 0.25) is 0 Å². The molecule has 0 radical (unpaired) electrons. The standard InChI is InChI=1S/C56H35N3O/c1-5-19-36(20-6-1)40-27-17-28-41(35-40)52-50-49(51(60-52)37-21-7-2-8-22-37)43-30-14-16-33-46(43)56(50)45-32-15-13-29-42(45)48-44(31-18-34-47(48)56)55-58-53(38-23-9-3-10-24-38)57-54(59-55)39-25-11-4-12-26-39/h1-35H. The van der Waals surface area contributed by atoms with E-state index in [4.69, 9.17) is 19.4 Å². The average Bonchev–Trinajstić information content (AvgIpc) is 3.97. The van der Waals surface area contributed by atoms with Gasteiger partial charge in [0.05, 0.1) is 5.41 Å². The maximum atomic E-state index is 7.34. The topological polar surface area (TPSA) is 51.8 Å². The van der Waals surface area contributed by atoms with E-state index >= 15 is 0 Å². The summed E-state index contributed by atoms with van der Waals surface area (Å²) in [4.78, 5) is 15.6. The summed E-state index contributed by atoms with van der Waals surface area (Å²) in [7, 11) is 0. The molecule has 0 bridgehead atoms. The molecule has 1 spiro atoms. The van der Waals surface area contributed by atoms with Crippen molar-refractivity contribution < 1.29 is 4.42 Å².